The van der Waals surface area contributed by atoms with Crippen LogP contribution in [0.25, 0.3) is 0 Å². The molecule has 0 bridgehead atoms. The number of nitrogens with one attached hydrogen (secondary N) is 2. The smallest absolute Gasteiger partial charge is 0.234 e. The predicted molar refractivity (Wildman–Crippen MR) is 58.0 cm³/mol. The highest BCUT2D eigenvalue weighted by Gasteiger charge is 2.42. The van der Waals surface area contributed by atoms with E-state index in [2.05, 4.69) is 31.1 Å². The minimum atomic E-state index is 0.0426. The number of amides is 1. The molecule has 0 aromatic rings. The Bertz CT molecular complexity index is 221. The first kappa shape index (κ1) is 11.2. The van der Waals surface area contributed by atoms with Crippen LogP contribution in [0.2, 0.25) is 0 Å². The highest BCUT2D eigenvalue weighted by Crippen LogP contribution is 2.47. The van der Waals surface area contributed by atoms with Crippen molar-refractivity contribution in [1.29, 1.82) is 0 Å². The van der Waals surface area contributed by atoms with Crippen LogP contribution >= 0.6 is 0 Å². The molecule has 0 aromatic heterocycles. The van der Waals surface area contributed by atoms with Gasteiger partial charge in [0.2, 0.25) is 5.91 Å². The summed E-state index contributed by atoms with van der Waals surface area (Å²) in [6.07, 6.45) is 4.23. The first-order valence-corrected chi connectivity index (χ1v) is 5.19. The van der Waals surface area contributed by atoms with Crippen molar-refractivity contribution in [2.45, 2.75) is 32.7 Å². The minimum absolute atomic E-state index is 0.0426. The van der Waals surface area contributed by atoms with Crippen LogP contribution in [-0.4, -0.2) is 25.0 Å². The first-order chi connectivity index (χ1) is 6.58. The maximum Gasteiger partial charge on any atom is 0.234 e. The molecule has 3 heteroatoms. The van der Waals surface area contributed by atoms with Gasteiger partial charge in [-0.05, 0) is 25.2 Å². The van der Waals surface area contributed by atoms with Gasteiger partial charge in [-0.2, -0.15) is 0 Å². The van der Waals surface area contributed by atoms with Crippen molar-refractivity contribution in [3.8, 4) is 0 Å². The van der Waals surface area contributed by atoms with Crippen molar-refractivity contribution < 1.29 is 4.79 Å². The van der Waals surface area contributed by atoms with E-state index in [0.29, 0.717) is 24.5 Å². The number of hydrogen-bond acceptors (Lipinski definition) is 2. The molecular formula is C11H20N2O. The molecule has 1 rings (SSSR count). The van der Waals surface area contributed by atoms with Crippen LogP contribution in [0.1, 0.15) is 26.7 Å². The maximum absolute atomic E-state index is 11.2. The van der Waals surface area contributed by atoms with Crippen LogP contribution in [0.5, 0.6) is 0 Å². The minimum Gasteiger partial charge on any atom is -0.352 e. The summed E-state index contributed by atoms with van der Waals surface area (Å²) in [4.78, 5) is 11.2. The summed E-state index contributed by atoms with van der Waals surface area (Å²) in [6.45, 7) is 8.90. The van der Waals surface area contributed by atoms with Crippen LogP contribution in [0.15, 0.2) is 12.7 Å². The largest absolute Gasteiger partial charge is 0.352 e. The Morgan fingerprint density at radius 3 is 2.79 bits per heavy atom. The summed E-state index contributed by atoms with van der Waals surface area (Å²) < 4.78 is 0. The quantitative estimate of drug-likeness (QED) is 0.624. The molecule has 0 aliphatic heterocycles. The highest BCUT2D eigenvalue weighted by molar-refractivity contribution is 5.78. The molecule has 1 atom stereocenters. The average molecular weight is 196 g/mol. The summed E-state index contributed by atoms with van der Waals surface area (Å²) in [5.41, 5.74) is 0.429. The van der Waals surface area contributed by atoms with Crippen LogP contribution in [0, 0.1) is 5.41 Å². The second-order valence-electron chi connectivity index (χ2n) is 4.35. The normalized spacial score (nSPS) is 19.9. The highest BCUT2D eigenvalue weighted by atomic mass is 16.1. The van der Waals surface area contributed by atoms with Crippen molar-refractivity contribution in [3.05, 3.63) is 12.7 Å². The zero-order valence-corrected chi connectivity index (χ0v) is 9.10. The Morgan fingerprint density at radius 1 is 1.64 bits per heavy atom. The first-order valence-electron chi connectivity index (χ1n) is 5.19. The standard InChI is InChI=1S/C11H20N2O/c1-4-7-12-10(14)8-13-9(2)11(3)5-6-11/h4,9,13H,1,5-8H2,2-3H3,(H,12,14). The van der Waals surface area contributed by atoms with Crippen molar-refractivity contribution in [2.24, 2.45) is 5.41 Å². The zero-order chi connectivity index (χ0) is 10.6. The van der Waals surface area contributed by atoms with E-state index in [1.807, 2.05) is 0 Å². The van der Waals surface area contributed by atoms with Gasteiger partial charge in [-0.3, -0.25) is 4.79 Å². The lowest BCUT2D eigenvalue weighted by atomic mass is 10.0. The molecule has 1 fully saturated rings. The summed E-state index contributed by atoms with van der Waals surface area (Å²) in [6, 6.07) is 0.428. The molecule has 0 heterocycles. The fraction of sp³-hybridized carbons (Fsp3) is 0.727. The summed E-state index contributed by atoms with van der Waals surface area (Å²) in [5, 5.41) is 5.99. The Kier molecular flexibility index (Phi) is 3.69. The van der Waals surface area contributed by atoms with Gasteiger partial charge in [0.1, 0.15) is 0 Å². The second kappa shape index (κ2) is 4.60. The van der Waals surface area contributed by atoms with Crippen LogP contribution in [0.3, 0.4) is 0 Å². The molecule has 2 N–H and O–H groups in total. The van der Waals surface area contributed by atoms with Gasteiger partial charge in [0, 0.05) is 12.6 Å². The summed E-state index contributed by atoms with van der Waals surface area (Å²) in [5.74, 6) is 0.0426. The molecule has 0 saturated heterocycles. The van der Waals surface area contributed by atoms with E-state index in [1.54, 1.807) is 6.08 Å². The molecule has 1 aliphatic rings. The Balaban J connectivity index is 2.13. The van der Waals surface area contributed by atoms with Crippen LogP contribution < -0.4 is 10.6 Å². The van der Waals surface area contributed by atoms with Gasteiger partial charge >= 0.3 is 0 Å². The molecule has 80 valence electrons. The predicted octanol–water partition coefficient (Wildman–Crippen LogP) is 1.07. The van der Waals surface area contributed by atoms with Crippen LogP contribution in [-0.2, 0) is 4.79 Å². The van der Waals surface area contributed by atoms with E-state index in [9.17, 15) is 4.79 Å². The Morgan fingerprint density at radius 2 is 2.29 bits per heavy atom. The van der Waals surface area contributed by atoms with E-state index in [1.165, 1.54) is 12.8 Å². The Hall–Kier alpha value is -0.830. The molecule has 14 heavy (non-hydrogen) atoms. The maximum atomic E-state index is 11.2. The van der Waals surface area contributed by atoms with Crippen molar-refractivity contribution in [3.63, 3.8) is 0 Å². The van der Waals surface area contributed by atoms with E-state index >= 15 is 0 Å². The molecule has 1 aliphatic carbocycles. The molecule has 0 aromatic carbocycles. The summed E-state index contributed by atoms with van der Waals surface area (Å²) >= 11 is 0. The fourth-order valence-corrected chi connectivity index (χ4v) is 1.37. The average Bonchev–Trinajstić information content (AvgIpc) is 2.90. The number of carbonyl (C=O) groups is 1. The van der Waals surface area contributed by atoms with Gasteiger partial charge in [0.05, 0.1) is 6.54 Å². The van der Waals surface area contributed by atoms with E-state index < -0.39 is 0 Å². The van der Waals surface area contributed by atoms with Gasteiger partial charge < -0.3 is 10.6 Å². The molecule has 0 spiro atoms. The molecular weight excluding hydrogens is 176 g/mol. The summed E-state index contributed by atoms with van der Waals surface area (Å²) in [7, 11) is 0. The van der Waals surface area contributed by atoms with Crippen molar-refractivity contribution >= 4 is 5.91 Å². The van der Waals surface area contributed by atoms with Gasteiger partial charge in [0.15, 0.2) is 0 Å². The molecule has 0 radical (unpaired) electrons. The van der Waals surface area contributed by atoms with Gasteiger partial charge in [0.25, 0.3) is 0 Å². The molecule has 1 saturated carbocycles. The lowest BCUT2D eigenvalue weighted by molar-refractivity contribution is -0.120. The SMILES string of the molecule is C=CCNC(=O)CNC(C)C1(C)CC1. The second-order valence-corrected chi connectivity index (χ2v) is 4.35. The molecule has 1 unspecified atom stereocenters. The van der Waals surface area contributed by atoms with Gasteiger partial charge in [-0.15, -0.1) is 6.58 Å². The number of carbonyl (C=O) groups excluding carboxylic acids is 1. The lowest BCUT2D eigenvalue weighted by Crippen LogP contribution is -2.41. The molecule has 3 nitrogen and oxygen atoms in total. The third kappa shape index (κ3) is 3.14. The van der Waals surface area contributed by atoms with E-state index in [4.69, 9.17) is 0 Å². The van der Waals surface area contributed by atoms with Gasteiger partial charge in [-0.1, -0.05) is 13.0 Å². The van der Waals surface area contributed by atoms with E-state index in [-0.39, 0.29) is 5.91 Å². The topological polar surface area (TPSA) is 41.1 Å². The van der Waals surface area contributed by atoms with Crippen molar-refractivity contribution in [2.75, 3.05) is 13.1 Å². The molecule has 1 amide bonds. The van der Waals surface area contributed by atoms with Crippen LogP contribution in [0.4, 0.5) is 0 Å². The number of rotatable bonds is 6. The zero-order valence-electron chi connectivity index (χ0n) is 9.10. The van der Waals surface area contributed by atoms with Gasteiger partial charge in [-0.25, -0.2) is 0 Å². The van der Waals surface area contributed by atoms with Crippen molar-refractivity contribution in [1.82, 2.24) is 10.6 Å². The third-order valence-corrected chi connectivity index (χ3v) is 3.10. The Labute approximate surface area is 86.0 Å². The monoisotopic (exact) mass is 196 g/mol. The number of hydrogen-bond donors (Lipinski definition) is 2. The third-order valence-electron chi connectivity index (χ3n) is 3.10. The lowest BCUT2D eigenvalue weighted by Gasteiger charge is -2.19. The van der Waals surface area contributed by atoms with E-state index in [0.717, 1.165) is 0 Å². The fourth-order valence-electron chi connectivity index (χ4n) is 1.37.